The minimum atomic E-state index is -0.973. The minimum absolute atomic E-state index is 0.202. The number of carboxylic acids is 1. The van der Waals surface area contributed by atoms with Gasteiger partial charge in [-0.3, -0.25) is 0 Å². The topological polar surface area (TPSA) is 80.4 Å². The van der Waals surface area contributed by atoms with Gasteiger partial charge in [-0.05, 0) is 25.7 Å². The summed E-state index contributed by atoms with van der Waals surface area (Å²) in [6.07, 6.45) is 3.67. The number of aromatic nitrogens is 4. The number of fused-ring (bicyclic) bond motifs is 1. The second-order valence-electron chi connectivity index (χ2n) is 4.01. The first-order chi connectivity index (χ1) is 7.66. The van der Waals surface area contributed by atoms with Gasteiger partial charge >= 0.3 is 5.97 Å². The lowest BCUT2D eigenvalue weighted by Gasteiger charge is -2.04. The maximum atomic E-state index is 11.3. The quantitative estimate of drug-likeness (QED) is 0.813. The van der Waals surface area contributed by atoms with Gasteiger partial charge in [0.2, 0.25) is 0 Å². The third-order valence-electron chi connectivity index (χ3n) is 2.72. The molecule has 0 aromatic carbocycles. The molecule has 1 aliphatic rings. The summed E-state index contributed by atoms with van der Waals surface area (Å²) >= 11 is 0. The van der Waals surface area contributed by atoms with Crippen LogP contribution in [0.25, 0.3) is 5.78 Å². The summed E-state index contributed by atoms with van der Waals surface area (Å²) in [5, 5.41) is 13.3. The average molecular weight is 218 g/mol. The molecule has 0 saturated heterocycles. The normalized spacial score (nSPS) is 15.6. The van der Waals surface area contributed by atoms with Gasteiger partial charge in [0.15, 0.2) is 5.69 Å². The number of rotatable bonds is 2. The van der Waals surface area contributed by atoms with E-state index in [1.807, 2.05) is 0 Å². The summed E-state index contributed by atoms with van der Waals surface area (Å²) in [6, 6.07) is 0. The highest BCUT2D eigenvalue weighted by Crippen LogP contribution is 2.41. The molecule has 82 valence electrons. The van der Waals surface area contributed by atoms with Crippen molar-refractivity contribution in [2.75, 3.05) is 0 Å². The molecule has 0 aliphatic heterocycles. The second kappa shape index (κ2) is 3.01. The first kappa shape index (κ1) is 9.26. The number of carboxylic acid groups (broad SMARTS) is 1. The molecule has 0 atom stereocenters. The van der Waals surface area contributed by atoms with Crippen molar-refractivity contribution < 1.29 is 9.90 Å². The number of carbonyl (C=O) groups is 1. The van der Waals surface area contributed by atoms with Crippen LogP contribution in [0.5, 0.6) is 0 Å². The molecule has 0 unspecified atom stereocenters. The van der Waals surface area contributed by atoms with Gasteiger partial charge in [0.25, 0.3) is 5.78 Å². The number of aryl methyl sites for hydroxylation is 1. The lowest BCUT2D eigenvalue weighted by Crippen LogP contribution is -2.11. The third kappa shape index (κ3) is 1.26. The predicted octanol–water partition coefficient (Wildman–Crippen LogP) is 1.01. The zero-order chi connectivity index (χ0) is 11.3. The van der Waals surface area contributed by atoms with E-state index in [1.165, 1.54) is 4.52 Å². The first-order valence-electron chi connectivity index (χ1n) is 5.12. The Balaban J connectivity index is 2.34. The molecular formula is C10H10N4O2. The molecule has 2 heterocycles. The molecule has 6 nitrogen and oxygen atoms in total. The Labute approximate surface area is 91.0 Å². The Bertz CT molecular complexity index is 586. The fraction of sp³-hybridized carbons (Fsp3) is 0.400. The van der Waals surface area contributed by atoms with E-state index in [-0.39, 0.29) is 5.69 Å². The zero-order valence-corrected chi connectivity index (χ0v) is 8.71. The molecule has 0 radical (unpaired) electrons. The second-order valence-corrected chi connectivity index (χ2v) is 4.01. The maximum Gasteiger partial charge on any atom is 0.355 e. The van der Waals surface area contributed by atoms with E-state index < -0.39 is 5.97 Å². The van der Waals surface area contributed by atoms with E-state index in [1.54, 1.807) is 13.1 Å². The fourth-order valence-corrected chi connectivity index (χ4v) is 1.86. The molecular weight excluding hydrogens is 208 g/mol. The van der Waals surface area contributed by atoms with E-state index in [0.29, 0.717) is 17.5 Å². The number of aromatic carboxylic acids is 1. The van der Waals surface area contributed by atoms with Crippen LogP contribution < -0.4 is 0 Å². The van der Waals surface area contributed by atoms with Crippen molar-refractivity contribution in [3.63, 3.8) is 0 Å². The summed E-state index contributed by atoms with van der Waals surface area (Å²) in [4.78, 5) is 19.4. The van der Waals surface area contributed by atoms with Crippen molar-refractivity contribution >= 4 is 11.7 Å². The van der Waals surface area contributed by atoms with Gasteiger partial charge in [-0.25, -0.2) is 9.78 Å². The van der Waals surface area contributed by atoms with E-state index in [9.17, 15) is 9.90 Å². The summed E-state index contributed by atoms with van der Waals surface area (Å²) in [5.41, 5.74) is 0.970. The van der Waals surface area contributed by atoms with Crippen LogP contribution in [0.15, 0.2) is 6.20 Å². The molecule has 2 aromatic heterocycles. The minimum Gasteiger partial charge on any atom is -0.476 e. The van der Waals surface area contributed by atoms with Gasteiger partial charge in [0.1, 0.15) is 5.82 Å². The van der Waals surface area contributed by atoms with Gasteiger partial charge in [0.05, 0.1) is 0 Å². The number of nitrogens with zero attached hydrogens (tertiary/aromatic N) is 4. The molecule has 1 aliphatic carbocycles. The lowest BCUT2D eigenvalue weighted by molar-refractivity contribution is 0.0685. The van der Waals surface area contributed by atoms with E-state index in [2.05, 4.69) is 15.1 Å². The van der Waals surface area contributed by atoms with Crippen LogP contribution in [0.3, 0.4) is 0 Å². The fourth-order valence-electron chi connectivity index (χ4n) is 1.86. The van der Waals surface area contributed by atoms with Gasteiger partial charge in [-0.1, -0.05) is 0 Å². The van der Waals surface area contributed by atoms with Crippen molar-refractivity contribution in [3.05, 3.63) is 23.3 Å². The van der Waals surface area contributed by atoms with E-state index >= 15 is 0 Å². The summed E-state index contributed by atoms with van der Waals surface area (Å²) in [6.45, 7) is 1.72. The Morgan fingerprint density at radius 1 is 1.56 bits per heavy atom. The van der Waals surface area contributed by atoms with Crippen molar-refractivity contribution in [2.24, 2.45) is 0 Å². The van der Waals surface area contributed by atoms with Crippen molar-refractivity contribution in [3.8, 4) is 0 Å². The molecule has 0 bridgehead atoms. The molecule has 1 N–H and O–H groups in total. The van der Waals surface area contributed by atoms with Gasteiger partial charge < -0.3 is 5.11 Å². The van der Waals surface area contributed by atoms with E-state index in [0.717, 1.165) is 18.4 Å². The average Bonchev–Trinajstić information content (AvgIpc) is 2.98. The highest BCUT2D eigenvalue weighted by atomic mass is 16.4. The maximum absolute atomic E-state index is 11.3. The van der Waals surface area contributed by atoms with Crippen molar-refractivity contribution in [2.45, 2.75) is 25.7 Å². The highest BCUT2D eigenvalue weighted by molar-refractivity contribution is 5.88. The summed E-state index contributed by atoms with van der Waals surface area (Å²) < 4.78 is 1.32. The third-order valence-corrected chi connectivity index (χ3v) is 2.72. The van der Waals surface area contributed by atoms with E-state index in [4.69, 9.17) is 0 Å². The molecule has 1 fully saturated rings. The molecule has 3 rings (SSSR count). The Hall–Kier alpha value is -1.98. The number of hydrogen-bond acceptors (Lipinski definition) is 4. The Morgan fingerprint density at radius 3 is 2.94 bits per heavy atom. The number of hydrogen-bond donors (Lipinski definition) is 1. The highest BCUT2D eigenvalue weighted by Gasteiger charge is 2.30. The lowest BCUT2D eigenvalue weighted by atomic mass is 10.1. The summed E-state index contributed by atoms with van der Waals surface area (Å²) in [7, 11) is 0. The zero-order valence-electron chi connectivity index (χ0n) is 8.71. The van der Waals surface area contributed by atoms with Crippen molar-refractivity contribution in [1.29, 1.82) is 0 Å². The van der Waals surface area contributed by atoms with Crippen LogP contribution in [0.4, 0.5) is 0 Å². The van der Waals surface area contributed by atoms with Crippen LogP contribution >= 0.6 is 0 Å². The summed E-state index contributed by atoms with van der Waals surface area (Å²) in [5.74, 6) is 0.231. The Morgan fingerprint density at radius 2 is 2.31 bits per heavy atom. The van der Waals surface area contributed by atoms with Gasteiger partial charge in [-0.15, -0.1) is 5.10 Å². The first-order valence-corrected chi connectivity index (χ1v) is 5.12. The van der Waals surface area contributed by atoms with Crippen LogP contribution in [0.1, 0.15) is 40.6 Å². The Kier molecular flexibility index (Phi) is 1.74. The van der Waals surface area contributed by atoms with Crippen LogP contribution in [0, 0.1) is 6.92 Å². The standard InChI is InChI=1S/C10H10N4O2/c1-5-12-10-11-4-7(6-2-3-6)8(9(15)16)14(10)13-5/h4,6H,2-3H2,1H3,(H,15,16). The van der Waals surface area contributed by atoms with Crippen LogP contribution in [-0.4, -0.2) is 30.7 Å². The molecule has 6 heteroatoms. The largest absolute Gasteiger partial charge is 0.476 e. The van der Waals surface area contributed by atoms with Crippen LogP contribution in [0.2, 0.25) is 0 Å². The monoisotopic (exact) mass is 218 g/mol. The van der Waals surface area contributed by atoms with Crippen molar-refractivity contribution in [1.82, 2.24) is 19.6 Å². The SMILES string of the molecule is Cc1nc2ncc(C3CC3)c(C(=O)O)n2n1. The predicted molar refractivity (Wildman–Crippen MR) is 54.5 cm³/mol. The van der Waals surface area contributed by atoms with Gasteiger partial charge in [0, 0.05) is 11.8 Å². The van der Waals surface area contributed by atoms with Crippen LogP contribution in [-0.2, 0) is 0 Å². The van der Waals surface area contributed by atoms with Gasteiger partial charge in [-0.2, -0.15) is 9.50 Å². The molecule has 0 amide bonds. The molecule has 0 spiro atoms. The molecule has 2 aromatic rings. The molecule has 16 heavy (non-hydrogen) atoms. The smallest absolute Gasteiger partial charge is 0.355 e. The molecule has 1 saturated carbocycles.